The van der Waals surface area contributed by atoms with Gasteiger partial charge in [-0.3, -0.25) is 11.3 Å². The Kier molecular flexibility index (Phi) is 5.77. The topological polar surface area (TPSA) is 86.2 Å². The predicted molar refractivity (Wildman–Crippen MR) is 64.6 cm³/mol. The maximum absolute atomic E-state index is 5.60. The number of pyridine rings is 1. The molecule has 0 aromatic carbocycles. The molecule has 1 aromatic heterocycles. The largest absolute Gasteiger partial charge is 0.384 e. The Bertz CT molecular complexity index is 306. The number of anilines is 1. The van der Waals surface area contributed by atoms with Crippen LogP contribution in [-0.4, -0.2) is 24.2 Å². The first-order chi connectivity index (χ1) is 7.76. The number of nitrogens with one attached hydrogen (secondary N) is 1. The number of hydrazine groups is 1. The molecule has 5 N–H and O–H groups in total. The lowest BCUT2D eigenvalue weighted by atomic mass is 10.1. The second kappa shape index (κ2) is 7.16. The summed E-state index contributed by atoms with van der Waals surface area (Å²) in [7, 11) is 0. The van der Waals surface area contributed by atoms with Crippen LogP contribution in [0.1, 0.15) is 18.9 Å². The Labute approximate surface area is 96.2 Å². The summed E-state index contributed by atoms with van der Waals surface area (Å²) in [4.78, 5) is 3.94. The van der Waals surface area contributed by atoms with Gasteiger partial charge in [0, 0.05) is 18.8 Å². The van der Waals surface area contributed by atoms with E-state index in [2.05, 4.69) is 17.3 Å². The fraction of sp³-hybridized carbons (Fsp3) is 0.545. The minimum absolute atomic E-state index is 0.105. The molecular formula is C11H20N4O. The van der Waals surface area contributed by atoms with E-state index in [-0.39, 0.29) is 6.04 Å². The summed E-state index contributed by atoms with van der Waals surface area (Å²) in [6, 6.07) is 3.89. The van der Waals surface area contributed by atoms with Gasteiger partial charge in [0.15, 0.2) is 0 Å². The van der Waals surface area contributed by atoms with Crippen LogP contribution in [0.3, 0.4) is 0 Å². The van der Waals surface area contributed by atoms with Crippen molar-refractivity contribution in [3.63, 3.8) is 0 Å². The quantitative estimate of drug-likeness (QED) is 0.356. The lowest BCUT2D eigenvalue weighted by molar-refractivity contribution is 0.112. The molecule has 1 rings (SSSR count). The molecule has 0 radical (unpaired) electrons. The zero-order chi connectivity index (χ0) is 11.8. The normalized spacial score (nSPS) is 12.6. The molecule has 0 spiro atoms. The standard InChI is InChI=1S/C11H20N4O/c1-2-5-16-8-10(15-13)6-9-3-4-14-11(12)7-9/h3-4,7,10,15H,2,5-6,8,13H2,1H3,(H2,12,14). The lowest BCUT2D eigenvalue weighted by Crippen LogP contribution is -2.40. The molecule has 0 saturated carbocycles. The number of aromatic nitrogens is 1. The Hall–Kier alpha value is -1.17. The van der Waals surface area contributed by atoms with Gasteiger partial charge >= 0.3 is 0 Å². The van der Waals surface area contributed by atoms with E-state index in [0.717, 1.165) is 25.0 Å². The zero-order valence-electron chi connectivity index (χ0n) is 9.65. The maximum atomic E-state index is 5.60. The molecule has 90 valence electrons. The first kappa shape index (κ1) is 12.9. The van der Waals surface area contributed by atoms with Crippen molar-refractivity contribution in [1.82, 2.24) is 10.4 Å². The molecule has 5 nitrogen and oxygen atoms in total. The molecule has 0 fully saturated rings. The third kappa shape index (κ3) is 4.57. The van der Waals surface area contributed by atoms with E-state index in [1.165, 1.54) is 0 Å². The van der Waals surface area contributed by atoms with Crippen LogP contribution in [0.2, 0.25) is 0 Å². The zero-order valence-corrected chi connectivity index (χ0v) is 9.65. The average Bonchev–Trinajstić information content (AvgIpc) is 2.28. The van der Waals surface area contributed by atoms with Gasteiger partial charge in [-0.1, -0.05) is 6.92 Å². The van der Waals surface area contributed by atoms with Crippen LogP contribution in [0, 0.1) is 0 Å². The molecule has 0 bridgehead atoms. The summed E-state index contributed by atoms with van der Waals surface area (Å²) >= 11 is 0. The molecule has 0 aliphatic carbocycles. The average molecular weight is 224 g/mol. The van der Waals surface area contributed by atoms with Crippen molar-refractivity contribution in [2.45, 2.75) is 25.8 Å². The highest BCUT2D eigenvalue weighted by Crippen LogP contribution is 2.06. The smallest absolute Gasteiger partial charge is 0.123 e. The molecule has 1 aromatic rings. The summed E-state index contributed by atoms with van der Waals surface area (Å²) in [6.07, 6.45) is 3.50. The van der Waals surface area contributed by atoms with Crippen LogP contribution in [0.15, 0.2) is 18.3 Å². The second-order valence-electron chi connectivity index (χ2n) is 3.73. The predicted octanol–water partition coefficient (Wildman–Crippen LogP) is 0.465. The number of hydrogen-bond acceptors (Lipinski definition) is 5. The van der Waals surface area contributed by atoms with Crippen LogP contribution < -0.4 is 17.0 Å². The highest BCUT2D eigenvalue weighted by molar-refractivity contribution is 5.32. The van der Waals surface area contributed by atoms with Crippen molar-refractivity contribution in [3.05, 3.63) is 23.9 Å². The number of hydrogen-bond donors (Lipinski definition) is 3. The van der Waals surface area contributed by atoms with Crippen LogP contribution in [-0.2, 0) is 11.2 Å². The van der Waals surface area contributed by atoms with Gasteiger partial charge in [-0.2, -0.15) is 0 Å². The first-order valence-electron chi connectivity index (χ1n) is 5.50. The van der Waals surface area contributed by atoms with Crippen LogP contribution in [0.25, 0.3) is 0 Å². The number of rotatable bonds is 7. The van der Waals surface area contributed by atoms with E-state index < -0.39 is 0 Å². The van der Waals surface area contributed by atoms with E-state index in [1.54, 1.807) is 6.20 Å². The van der Waals surface area contributed by atoms with E-state index in [1.807, 2.05) is 12.1 Å². The molecule has 0 amide bonds. The van der Waals surface area contributed by atoms with Gasteiger partial charge in [-0.05, 0) is 30.5 Å². The van der Waals surface area contributed by atoms with Gasteiger partial charge < -0.3 is 10.5 Å². The van der Waals surface area contributed by atoms with Crippen molar-refractivity contribution >= 4 is 5.82 Å². The molecular weight excluding hydrogens is 204 g/mol. The van der Waals surface area contributed by atoms with Gasteiger partial charge in [0.05, 0.1) is 6.61 Å². The Morgan fingerprint density at radius 2 is 2.38 bits per heavy atom. The molecule has 0 saturated heterocycles. The van der Waals surface area contributed by atoms with E-state index in [9.17, 15) is 0 Å². The summed E-state index contributed by atoms with van der Waals surface area (Å²) < 4.78 is 5.45. The van der Waals surface area contributed by atoms with Gasteiger partial charge in [0.2, 0.25) is 0 Å². The number of nitrogens with two attached hydrogens (primary N) is 2. The Morgan fingerprint density at radius 3 is 3.00 bits per heavy atom. The number of nitrogen functional groups attached to an aromatic ring is 1. The molecule has 5 heteroatoms. The van der Waals surface area contributed by atoms with E-state index >= 15 is 0 Å². The van der Waals surface area contributed by atoms with Crippen LogP contribution >= 0.6 is 0 Å². The summed E-state index contributed by atoms with van der Waals surface area (Å²) in [5.74, 6) is 5.99. The maximum Gasteiger partial charge on any atom is 0.123 e. The molecule has 0 aliphatic heterocycles. The highest BCUT2D eigenvalue weighted by atomic mass is 16.5. The summed E-state index contributed by atoms with van der Waals surface area (Å²) in [6.45, 7) is 3.44. The fourth-order valence-corrected chi connectivity index (χ4v) is 1.44. The van der Waals surface area contributed by atoms with Crippen LogP contribution in [0.4, 0.5) is 5.82 Å². The van der Waals surface area contributed by atoms with Crippen molar-refractivity contribution in [1.29, 1.82) is 0 Å². The van der Waals surface area contributed by atoms with Gasteiger partial charge in [-0.25, -0.2) is 4.98 Å². The van der Waals surface area contributed by atoms with E-state index in [4.69, 9.17) is 16.3 Å². The molecule has 1 unspecified atom stereocenters. The van der Waals surface area contributed by atoms with Crippen molar-refractivity contribution in [2.24, 2.45) is 5.84 Å². The van der Waals surface area contributed by atoms with E-state index in [0.29, 0.717) is 12.4 Å². The molecule has 1 atom stereocenters. The first-order valence-corrected chi connectivity index (χ1v) is 5.50. The molecule has 1 heterocycles. The minimum Gasteiger partial charge on any atom is -0.384 e. The third-order valence-electron chi connectivity index (χ3n) is 2.23. The molecule has 16 heavy (non-hydrogen) atoms. The minimum atomic E-state index is 0.105. The fourth-order valence-electron chi connectivity index (χ4n) is 1.44. The third-order valence-corrected chi connectivity index (χ3v) is 2.23. The lowest BCUT2D eigenvalue weighted by Gasteiger charge is -2.16. The Morgan fingerprint density at radius 1 is 1.56 bits per heavy atom. The van der Waals surface area contributed by atoms with Crippen LogP contribution in [0.5, 0.6) is 0 Å². The van der Waals surface area contributed by atoms with Crippen molar-refractivity contribution in [3.8, 4) is 0 Å². The summed E-state index contributed by atoms with van der Waals surface area (Å²) in [5.41, 5.74) is 9.45. The highest BCUT2D eigenvalue weighted by Gasteiger charge is 2.08. The van der Waals surface area contributed by atoms with Gasteiger partial charge in [0.1, 0.15) is 5.82 Å². The second-order valence-corrected chi connectivity index (χ2v) is 3.73. The SMILES string of the molecule is CCCOCC(Cc1ccnc(N)c1)NN. The molecule has 0 aliphatic rings. The van der Waals surface area contributed by atoms with Crippen molar-refractivity contribution in [2.75, 3.05) is 18.9 Å². The summed E-state index contributed by atoms with van der Waals surface area (Å²) in [5, 5.41) is 0. The van der Waals surface area contributed by atoms with Gasteiger partial charge in [-0.15, -0.1) is 0 Å². The van der Waals surface area contributed by atoms with Crippen molar-refractivity contribution < 1.29 is 4.74 Å². The monoisotopic (exact) mass is 224 g/mol. The number of nitrogens with zero attached hydrogens (tertiary/aromatic N) is 1. The number of ether oxygens (including phenoxy) is 1. The Balaban J connectivity index is 2.43. The van der Waals surface area contributed by atoms with Gasteiger partial charge in [0.25, 0.3) is 0 Å².